The largest absolute Gasteiger partial charge is 0.463 e. The number of aryl methyl sites for hydroxylation is 1. The fourth-order valence-electron chi connectivity index (χ4n) is 2.71. The molecule has 1 saturated heterocycles. The van der Waals surface area contributed by atoms with Crippen molar-refractivity contribution in [2.75, 3.05) is 20.2 Å². The van der Waals surface area contributed by atoms with Gasteiger partial charge in [0.05, 0.1) is 13.7 Å². The van der Waals surface area contributed by atoms with Crippen molar-refractivity contribution < 1.29 is 13.9 Å². The summed E-state index contributed by atoms with van der Waals surface area (Å²) in [5, 5.41) is 3.49. The molecule has 1 aromatic heterocycles. The third-order valence-electron chi connectivity index (χ3n) is 3.35. The summed E-state index contributed by atoms with van der Waals surface area (Å²) in [5.74, 6) is 0.721. The van der Waals surface area contributed by atoms with Crippen LogP contribution in [-0.4, -0.2) is 43.2 Å². The van der Waals surface area contributed by atoms with Gasteiger partial charge in [0.25, 0.3) is 0 Å². The molecule has 1 aliphatic rings. The molecule has 2 heterocycles. The van der Waals surface area contributed by atoms with Crippen molar-refractivity contribution in [1.29, 1.82) is 0 Å². The van der Waals surface area contributed by atoms with Gasteiger partial charge in [0.2, 0.25) is 5.76 Å². The Kier molecular flexibility index (Phi) is 4.27. The SMILES string of the molecule is COC(=O)c1oc(CN2CC(C)NC(C)C2)cc1C. The van der Waals surface area contributed by atoms with Crippen molar-refractivity contribution in [3.05, 3.63) is 23.2 Å². The highest BCUT2D eigenvalue weighted by atomic mass is 16.5. The molecule has 0 radical (unpaired) electrons. The third-order valence-corrected chi connectivity index (χ3v) is 3.35. The molecule has 5 nitrogen and oxygen atoms in total. The molecule has 1 aromatic rings. The van der Waals surface area contributed by atoms with Gasteiger partial charge in [-0.15, -0.1) is 0 Å². The molecule has 1 N–H and O–H groups in total. The molecule has 106 valence electrons. The van der Waals surface area contributed by atoms with Crippen LogP contribution in [0.3, 0.4) is 0 Å². The molecule has 0 aromatic carbocycles. The second kappa shape index (κ2) is 5.75. The van der Waals surface area contributed by atoms with Gasteiger partial charge in [0, 0.05) is 30.7 Å². The number of hydrogen-bond acceptors (Lipinski definition) is 5. The zero-order valence-corrected chi connectivity index (χ0v) is 12.0. The predicted molar refractivity (Wildman–Crippen MR) is 72.1 cm³/mol. The van der Waals surface area contributed by atoms with Crippen LogP contribution >= 0.6 is 0 Å². The summed E-state index contributed by atoms with van der Waals surface area (Å²) in [6.45, 7) is 8.91. The lowest BCUT2D eigenvalue weighted by Crippen LogP contribution is -2.53. The van der Waals surface area contributed by atoms with Crippen molar-refractivity contribution in [3.63, 3.8) is 0 Å². The number of carbonyl (C=O) groups excluding carboxylic acids is 1. The van der Waals surface area contributed by atoms with Crippen molar-refractivity contribution in [3.8, 4) is 0 Å². The predicted octanol–water partition coefficient (Wildman–Crippen LogP) is 1.56. The van der Waals surface area contributed by atoms with Crippen LogP contribution in [0.15, 0.2) is 10.5 Å². The van der Waals surface area contributed by atoms with Crippen molar-refractivity contribution in [1.82, 2.24) is 10.2 Å². The highest BCUT2D eigenvalue weighted by molar-refractivity contribution is 5.87. The van der Waals surface area contributed by atoms with Gasteiger partial charge < -0.3 is 14.5 Å². The van der Waals surface area contributed by atoms with Gasteiger partial charge in [0.15, 0.2) is 0 Å². The van der Waals surface area contributed by atoms with Crippen LogP contribution in [0.4, 0.5) is 0 Å². The molecule has 0 aliphatic carbocycles. The second-order valence-corrected chi connectivity index (χ2v) is 5.38. The fraction of sp³-hybridized carbons (Fsp3) is 0.643. The summed E-state index contributed by atoms with van der Waals surface area (Å²) in [4.78, 5) is 13.8. The van der Waals surface area contributed by atoms with Gasteiger partial charge >= 0.3 is 5.97 Å². The number of piperazine rings is 1. The van der Waals surface area contributed by atoms with Crippen LogP contribution in [0.1, 0.15) is 35.7 Å². The van der Waals surface area contributed by atoms with E-state index in [1.54, 1.807) is 0 Å². The molecule has 0 spiro atoms. The molecule has 2 rings (SSSR count). The minimum absolute atomic E-state index is 0.314. The lowest BCUT2D eigenvalue weighted by molar-refractivity contribution is 0.0558. The summed E-state index contributed by atoms with van der Waals surface area (Å²) in [6, 6.07) is 2.86. The average molecular weight is 266 g/mol. The van der Waals surface area contributed by atoms with Gasteiger partial charge in [-0.3, -0.25) is 4.90 Å². The van der Waals surface area contributed by atoms with E-state index in [0.29, 0.717) is 17.8 Å². The minimum Gasteiger partial charge on any atom is -0.463 e. The van der Waals surface area contributed by atoms with Gasteiger partial charge in [-0.2, -0.15) is 0 Å². The molecule has 1 fully saturated rings. The maximum absolute atomic E-state index is 11.5. The van der Waals surface area contributed by atoms with Crippen molar-refractivity contribution in [2.24, 2.45) is 0 Å². The first-order valence-electron chi connectivity index (χ1n) is 6.65. The number of carbonyl (C=O) groups is 1. The van der Waals surface area contributed by atoms with E-state index in [1.807, 2.05) is 13.0 Å². The first kappa shape index (κ1) is 14.1. The van der Waals surface area contributed by atoms with E-state index in [2.05, 4.69) is 24.1 Å². The van der Waals surface area contributed by atoms with Crippen molar-refractivity contribution >= 4 is 5.97 Å². The van der Waals surface area contributed by atoms with Gasteiger partial charge in [-0.1, -0.05) is 0 Å². The number of nitrogens with one attached hydrogen (secondary N) is 1. The van der Waals surface area contributed by atoms with E-state index in [1.165, 1.54) is 7.11 Å². The van der Waals surface area contributed by atoms with Gasteiger partial charge in [-0.25, -0.2) is 4.79 Å². The zero-order valence-electron chi connectivity index (χ0n) is 12.0. The van der Waals surface area contributed by atoms with Crippen LogP contribution in [-0.2, 0) is 11.3 Å². The van der Waals surface area contributed by atoms with E-state index in [-0.39, 0.29) is 0 Å². The second-order valence-electron chi connectivity index (χ2n) is 5.38. The summed E-state index contributed by atoms with van der Waals surface area (Å²) < 4.78 is 10.3. The summed E-state index contributed by atoms with van der Waals surface area (Å²) in [7, 11) is 1.36. The Morgan fingerprint density at radius 3 is 2.68 bits per heavy atom. The standard InChI is InChI=1S/C14H22N2O3/c1-9-5-12(19-13(9)14(17)18-4)8-16-6-10(2)15-11(3)7-16/h5,10-11,15H,6-8H2,1-4H3. The Labute approximate surface area is 113 Å². The molecule has 1 aliphatic heterocycles. The lowest BCUT2D eigenvalue weighted by Gasteiger charge is -2.35. The van der Waals surface area contributed by atoms with E-state index < -0.39 is 5.97 Å². The quantitative estimate of drug-likeness (QED) is 0.841. The van der Waals surface area contributed by atoms with Crippen LogP contribution in [0.5, 0.6) is 0 Å². The monoisotopic (exact) mass is 266 g/mol. The molecular formula is C14H22N2O3. The average Bonchev–Trinajstić information content (AvgIpc) is 2.68. The molecule has 2 atom stereocenters. The molecular weight excluding hydrogens is 244 g/mol. The number of methoxy groups -OCH3 is 1. The number of nitrogens with zero attached hydrogens (tertiary/aromatic N) is 1. The lowest BCUT2D eigenvalue weighted by atomic mass is 10.1. The zero-order chi connectivity index (χ0) is 14.0. The van der Waals surface area contributed by atoms with Crippen LogP contribution < -0.4 is 5.32 Å². The molecule has 2 unspecified atom stereocenters. The Morgan fingerprint density at radius 2 is 2.11 bits per heavy atom. The topological polar surface area (TPSA) is 54.7 Å². The normalized spacial score (nSPS) is 24.4. The number of hydrogen-bond donors (Lipinski definition) is 1. The van der Waals surface area contributed by atoms with E-state index in [4.69, 9.17) is 9.15 Å². The van der Waals surface area contributed by atoms with Crippen molar-refractivity contribution in [2.45, 2.75) is 39.4 Å². The maximum Gasteiger partial charge on any atom is 0.374 e. The first-order valence-corrected chi connectivity index (χ1v) is 6.65. The number of furan rings is 1. The Balaban J connectivity index is 2.05. The third kappa shape index (κ3) is 3.36. The van der Waals surface area contributed by atoms with Gasteiger partial charge in [-0.05, 0) is 26.8 Å². The number of ether oxygens (including phenoxy) is 1. The Hall–Kier alpha value is -1.33. The minimum atomic E-state index is -0.411. The smallest absolute Gasteiger partial charge is 0.374 e. The van der Waals surface area contributed by atoms with Crippen LogP contribution in [0.25, 0.3) is 0 Å². The molecule has 0 saturated carbocycles. The number of esters is 1. The van der Waals surface area contributed by atoms with Crippen LogP contribution in [0.2, 0.25) is 0 Å². The molecule has 0 amide bonds. The number of rotatable bonds is 3. The summed E-state index contributed by atoms with van der Waals surface area (Å²) in [6.07, 6.45) is 0. The molecule has 19 heavy (non-hydrogen) atoms. The van der Waals surface area contributed by atoms with E-state index in [9.17, 15) is 4.79 Å². The highest BCUT2D eigenvalue weighted by Gasteiger charge is 2.23. The maximum atomic E-state index is 11.5. The Morgan fingerprint density at radius 1 is 1.47 bits per heavy atom. The summed E-state index contributed by atoms with van der Waals surface area (Å²) >= 11 is 0. The molecule has 5 heteroatoms. The molecule has 0 bridgehead atoms. The van der Waals surface area contributed by atoms with E-state index in [0.717, 1.165) is 31.0 Å². The van der Waals surface area contributed by atoms with E-state index >= 15 is 0 Å². The van der Waals surface area contributed by atoms with Crippen LogP contribution in [0, 0.1) is 6.92 Å². The first-order chi connectivity index (χ1) is 8.99. The highest BCUT2D eigenvalue weighted by Crippen LogP contribution is 2.18. The summed E-state index contributed by atoms with van der Waals surface area (Å²) in [5.41, 5.74) is 0.832. The van der Waals surface area contributed by atoms with Gasteiger partial charge in [0.1, 0.15) is 5.76 Å². The Bertz CT molecular complexity index is 446. The fourth-order valence-corrected chi connectivity index (χ4v) is 2.71.